The first-order valence-electron chi connectivity index (χ1n) is 4.82. The number of para-hydroxylation sites is 2. The molecule has 0 spiro atoms. The largest absolute Gasteiger partial charge is 0.397 e. The third kappa shape index (κ3) is 2.87. The Morgan fingerprint density at radius 1 is 1.40 bits per heavy atom. The zero-order valence-electron chi connectivity index (χ0n) is 9.08. The number of hydrogen-bond acceptors (Lipinski definition) is 3. The molecule has 1 rings (SSSR count). The van der Waals surface area contributed by atoms with Crippen molar-refractivity contribution < 1.29 is 4.79 Å². The molecular weight excluding hydrogens is 190 g/mol. The van der Waals surface area contributed by atoms with Crippen molar-refractivity contribution in [1.29, 1.82) is 0 Å². The highest BCUT2D eigenvalue weighted by Gasteiger charge is 2.24. The molecule has 1 aromatic rings. The van der Waals surface area contributed by atoms with Crippen LogP contribution in [0.4, 0.5) is 11.4 Å². The fraction of sp³-hybridized carbons (Fsp3) is 0.364. The van der Waals surface area contributed by atoms with Gasteiger partial charge in [0, 0.05) is 6.54 Å². The summed E-state index contributed by atoms with van der Waals surface area (Å²) in [7, 11) is 0. The van der Waals surface area contributed by atoms with E-state index < -0.39 is 5.41 Å². The number of nitrogens with two attached hydrogens (primary N) is 2. The summed E-state index contributed by atoms with van der Waals surface area (Å²) in [5.41, 5.74) is 11.9. The average Bonchev–Trinajstić information content (AvgIpc) is 2.16. The lowest BCUT2D eigenvalue weighted by Crippen LogP contribution is -2.37. The van der Waals surface area contributed by atoms with Gasteiger partial charge in [0.2, 0.25) is 5.91 Å². The lowest BCUT2D eigenvalue weighted by Gasteiger charge is -2.22. The van der Waals surface area contributed by atoms with E-state index in [1.54, 1.807) is 19.9 Å². The molecule has 0 heterocycles. The predicted octanol–water partition coefficient (Wildman–Crippen LogP) is 1.19. The van der Waals surface area contributed by atoms with E-state index in [-0.39, 0.29) is 5.91 Å². The number of nitrogen functional groups attached to an aromatic ring is 1. The van der Waals surface area contributed by atoms with Gasteiger partial charge in [-0.3, -0.25) is 4.79 Å². The Bertz CT molecular complexity index is 361. The highest BCUT2D eigenvalue weighted by molar-refractivity contribution is 5.81. The molecule has 0 saturated carbocycles. The molecule has 4 nitrogen and oxygen atoms in total. The van der Waals surface area contributed by atoms with Crippen LogP contribution in [-0.4, -0.2) is 12.5 Å². The Balaban J connectivity index is 2.66. The Kier molecular flexibility index (Phi) is 3.19. The van der Waals surface area contributed by atoms with Gasteiger partial charge < -0.3 is 16.8 Å². The zero-order valence-corrected chi connectivity index (χ0v) is 9.08. The summed E-state index contributed by atoms with van der Waals surface area (Å²) in [6.07, 6.45) is 0. The molecule has 0 bridgehead atoms. The second kappa shape index (κ2) is 4.21. The Morgan fingerprint density at radius 2 is 2.00 bits per heavy atom. The molecule has 82 valence electrons. The molecule has 0 fully saturated rings. The number of hydrogen-bond donors (Lipinski definition) is 3. The van der Waals surface area contributed by atoms with Crippen LogP contribution in [0.15, 0.2) is 24.3 Å². The molecule has 0 aromatic heterocycles. The van der Waals surface area contributed by atoms with Crippen molar-refractivity contribution in [2.24, 2.45) is 11.1 Å². The molecule has 0 aliphatic rings. The van der Waals surface area contributed by atoms with Gasteiger partial charge in [-0.1, -0.05) is 12.1 Å². The van der Waals surface area contributed by atoms with Crippen LogP contribution >= 0.6 is 0 Å². The summed E-state index contributed by atoms with van der Waals surface area (Å²) in [4.78, 5) is 11.1. The van der Waals surface area contributed by atoms with E-state index in [2.05, 4.69) is 5.32 Å². The van der Waals surface area contributed by atoms with E-state index in [0.717, 1.165) is 5.69 Å². The minimum atomic E-state index is -0.581. The average molecular weight is 207 g/mol. The van der Waals surface area contributed by atoms with Crippen molar-refractivity contribution in [3.8, 4) is 0 Å². The molecule has 1 aromatic carbocycles. The Hall–Kier alpha value is -1.71. The third-order valence-corrected chi connectivity index (χ3v) is 2.35. The number of primary amides is 1. The van der Waals surface area contributed by atoms with E-state index in [0.29, 0.717) is 12.2 Å². The summed E-state index contributed by atoms with van der Waals surface area (Å²) in [6.45, 7) is 4.06. The number of carbonyl (C=O) groups is 1. The summed E-state index contributed by atoms with van der Waals surface area (Å²) >= 11 is 0. The van der Waals surface area contributed by atoms with E-state index in [4.69, 9.17) is 11.5 Å². The SMILES string of the molecule is CC(C)(CNc1ccccc1N)C(N)=O. The van der Waals surface area contributed by atoms with Crippen LogP contribution < -0.4 is 16.8 Å². The number of amides is 1. The number of nitrogens with one attached hydrogen (secondary N) is 1. The lowest BCUT2D eigenvalue weighted by atomic mass is 9.92. The van der Waals surface area contributed by atoms with Gasteiger partial charge in [0.1, 0.15) is 0 Å². The van der Waals surface area contributed by atoms with Crippen LogP contribution in [0.25, 0.3) is 0 Å². The Morgan fingerprint density at radius 3 is 2.53 bits per heavy atom. The van der Waals surface area contributed by atoms with E-state index in [1.165, 1.54) is 0 Å². The van der Waals surface area contributed by atoms with Gasteiger partial charge in [0.05, 0.1) is 16.8 Å². The van der Waals surface area contributed by atoms with Crippen molar-refractivity contribution in [3.63, 3.8) is 0 Å². The van der Waals surface area contributed by atoms with Crippen LogP contribution in [-0.2, 0) is 4.79 Å². The topological polar surface area (TPSA) is 81.1 Å². The predicted molar refractivity (Wildman–Crippen MR) is 62.3 cm³/mol. The first kappa shape index (κ1) is 11.4. The van der Waals surface area contributed by atoms with Gasteiger partial charge in [0.15, 0.2) is 0 Å². The molecule has 0 aliphatic heterocycles. The second-order valence-corrected chi connectivity index (χ2v) is 4.19. The highest BCUT2D eigenvalue weighted by atomic mass is 16.1. The standard InChI is InChI=1S/C11H17N3O/c1-11(2,10(13)15)7-14-9-6-4-3-5-8(9)12/h3-6,14H,7,12H2,1-2H3,(H2,13,15). The molecule has 0 saturated heterocycles. The minimum absolute atomic E-state index is 0.329. The molecule has 4 heteroatoms. The van der Waals surface area contributed by atoms with Crippen molar-refractivity contribution in [2.45, 2.75) is 13.8 Å². The molecule has 15 heavy (non-hydrogen) atoms. The highest BCUT2D eigenvalue weighted by Crippen LogP contribution is 2.20. The van der Waals surface area contributed by atoms with Crippen molar-refractivity contribution in [2.75, 3.05) is 17.6 Å². The lowest BCUT2D eigenvalue weighted by molar-refractivity contribution is -0.125. The van der Waals surface area contributed by atoms with Gasteiger partial charge in [-0.15, -0.1) is 0 Å². The number of carbonyl (C=O) groups excluding carboxylic acids is 1. The maximum Gasteiger partial charge on any atom is 0.224 e. The van der Waals surface area contributed by atoms with Crippen LogP contribution in [0.5, 0.6) is 0 Å². The second-order valence-electron chi connectivity index (χ2n) is 4.19. The molecule has 0 atom stereocenters. The first-order valence-corrected chi connectivity index (χ1v) is 4.82. The van der Waals surface area contributed by atoms with Crippen LogP contribution in [0.3, 0.4) is 0 Å². The quantitative estimate of drug-likeness (QED) is 0.649. The normalized spacial score (nSPS) is 11.1. The van der Waals surface area contributed by atoms with E-state index in [1.807, 2.05) is 18.2 Å². The van der Waals surface area contributed by atoms with Crippen LogP contribution in [0, 0.1) is 5.41 Å². The van der Waals surface area contributed by atoms with Gasteiger partial charge in [0.25, 0.3) is 0 Å². The van der Waals surface area contributed by atoms with Crippen molar-refractivity contribution in [3.05, 3.63) is 24.3 Å². The van der Waals surface area contributed by atoms with E-state index in [9.17, 15) is 4.79 Å². The summed E-state index contributed by atoms with van der Waals surface area (Å²) in [5.74, 6) is -0.329. The minimum Gasteiger partial charge on any atom is -0.397 e. The zero-order chi connectivity index (χ0) is 11.5. The molecule has 0 aliphatic carbocycles. The van der Waals surface area contributed by atoms with Gasteiger partial charge in [-0.05, 0) is 26.0 Å². The maximum atomic E-state index is 11.1. The summed E-state index contributed by atoms with van der Waals surface area (Å²) in [6, 6.07) is 7.42. The molecule has 1 amide bonds. The van der Waals surface area contributed by atoms with Crippen LogP contribution in [0.1, 0.15) is 13.8 Å². The number of benzene rings is 1. The monoisotopic (exact) mass is 207 g/mol. The summed E-state index contributed by atoms with van der Waals surface area (Å²) in [5, 5.41) is 3.11. The fourth-order valence-electron chi connectivity index (χ4n) is 1.06. The van der Waals surface area contributed by atoms with Crippen LogP contribution in [0.2, 0.25) is 0 Å². The molecular formula is C11H17N3O. The van der Waals surface area contributed by atoms with Crippen molar-refractivity contribution >= 4 is 17.3 Å². The first-order chi connectivity index (χ1) is 6.93. The molecule has 5 N–H and O–H groups in total. The Labute approximate surface area is 89.6 Å². The molecule has 0 unspecified atom stereocenters. The number of rotatable bonds is 4. The summed E-state index contributed by atoms with van der Waals surface area (Å²) < 4.78 is 0. The van der Waals surface area contributed by atoms with Gasteiger partial charge in [-0.25, -0.2) is 0 Å². The van der Waals surface area contributed by atoms with E-state index >= 15 is 0 Å². The van der Waals surface area contributed by atoms with Gasteiger partial charge in [-0.2, -0.15) is 0 Å². The smallest absolute Gasteiger partial charge is 0.224 e. The van der Waals surface area contributed by atoms with Crippen molar-refractivity contribution in [1.82, 2.24) is 0 Å². The number of anilines is 2. The fourth-order valence-corrected chi connectivity index (χ4v) is 1.06. The molecule has 0 radical (unpaired) electrons. The third-order valence-electron chi connectivity index (χ3n) is 2.35. The maximum absolute atomic E-state index is 11.1. The van der Waals surface area contributed by atoms with Gasteiger partial charge >= 0.3 is 0 Å².